The fourth-order valence-electron chi connectivity index (χ4n) is 1.42. The van der Waals surface area contributed by atoms with E-state index in [9.17, 15) is 9.18 Å². The lowest BCUT2D eigenvalue weighted by molar-refractivity contribution is 0.0594. The van der Waals surface area contributed by atoms with E-state index in [0.29, 0.717) is 0 Å². The van der Waals surface area contributed by atoms with Crippen molar-refractivity contribution in [2.45, 2.75) is 12.3 Å². The number of nitrogens with zero attached hydrogens (tertiary/aromatic N) is 1. The fourth-order valence-corrected chi connectivity index (χ4v) is 1.66. The van der Waals surface area contributed by atoms with Crippen molar-refractivity contribution in [1.29, 1.82) is 5.26 Å². The lowest BCUT2D eigenvalue weighted by Gasteiger charge is -2.15. The smallest absolute Gasteiger partial charge is 0.341 e. The predicted molar refractivity (Wildman–Crippen MR) is 61.1 cm³/mol. The van der Waals surface area contributed by atoms with E-state index in [1.54, 1.807) is 6.92 Å². The van der Waals surface area contributed by atoms with Gasteiger partial charge in [-0.2, -0.15) is 5.26 Å². The van der Waals surface area contributed by atoms with Gasteiger partial charge in [-0.3, -0.25) is 0 Å². The second kappa shape index (κ2) is 5.65. The molecule has 0 amide bonds. The third-order valence-electron chi connectivity index (χ3n) is 2.38. The molecule has 0 aliphatic heterocycles. The van der Waals surface area contributed by atoms with Crippen LogP contribution in [0.5, 0.6) is 0 Å². The highest BCUT2D eigenvalue weighted by Gasteiger charge is 2.25. The van der Waals surface area contributed by atoms with Crippen LogP contribution in [0.1, 0.15) is 28.2 Å². The Balaban J connectivity index is 3.29. The normalized spacial score (nSPS) is 13.6. The molecule has 0 N–H and O–H groups in total. The van der Waals surface area contributed by atoms with Gasteiger partial charge in [-0.1, -0.05) is 12.1 Å². The van der Waals surface area contributed by atoms with E-state index in [-0.39, 0.29) is 11.1 Å². The van der Waals surface area contributed by atoms with E-state index in [0.717, 1.165) is 13.2 Å². The second-order valence-corrected chi connectivity index (χ2v) is 3.99. The summed E-state index contributed by atoms with van der Waals surface area (Å²) in [5.74, 6) is -2.04. The third kappa shape index (κ3) is 2.75. The number of hydrogen-bond donors (Lipinski definition) is 0. The molecule has 0 spiro atoms. The first-order valence-electron chi connectivity index (χ1n) is 4.93. The van der Waals surface area contributed by atoms with Crippen LogP contribution in [0.4, 0.5) is 4.39 Å². The summed E-state index contributed by atoms with van der Waals surface area (Å²) in [6.45, 7) is 1.60. The molecule has 0 saturated heterocycles. The van der Waals surface area contributed by atoms with Gasteiger partial charge in [0.25, 0.3) is 0 Å². The molecule has 0 fully saturated rings. The van der Waals surface area contributed by atoms with Crippen molar-refractivity contribution in [3.63, 3.8) is 0 Å². The fraction of sp³-hybridized carbons (Fsp3) is 0.333. The molecule has 5 heteroatoms. The summed E-state index contributed by atoms with van der Waals surface area (Å²) in [6, 6.07) is 6.07. The molecule has 0 heterocycles. The number of methoxy groups -OCH3 is 1. The van der Waals surface area contributed by atoms with E-state index in [1.165, 1.54) is 12.1 Å². The lowest BCUT2D eigenvalue weighted by Crippen LogP contribution is -2.12. The number of alkyl halides is 1. The number of halogens is 2. The molecule has 1 aromatic carbocycles. The molecular weight excluding hydrogens is 245 g/mol. The van der Waals surface area contributed by atoms with Gasteiger partial charge < -0.3 is 4.74 Å². The minimum absolute atomic E-state index is 0.211. The molecule has 1 aromatic rings. The highest BCUT2D eigenvalue weighted by molar-refractivity contribution is 6.21. The molecule has 2 unspecified atom stereocenters. The Morgan fingerprint density at radius 2 is 2.24 bits per heavy atom. The quantitative estimate of drug-likeness (QED) is 0.616. The number of hydrogen-bond acceptors (Lipinski definition) is 3. The molecule has 1 rings (SSSR count). The summed E-state index contributed by atoms with van der Waals surface area (Å²) in [4.78, 5) is 11.5. The van der Waals surface area contributed by atoms with Crippen LogP contribution in [0, 0.1) is 23.1 Å². The van der Waals surface area contributed by atoms with Gasteiger partial charge in [0.2, 0.25) is 0 Å². The summed E-state index contributed by atoms with van der Waals surface area (Å²) in [7, 11) is 1.16. The highest BCUT2D eigenvalue weighted by Crippen LogP contribution is 2.32. The maximum Gasteiger partial charge on any atom is 0.341 e. The maximum absolute atomic E-state index is 13.6. The van der Waals surface area contributed by atoms with Gasteiger partial charge in [0.1, 0.15) is 11.4 Å². The van der Waals surface area contributed by atoms with Crippen molar-refractivity contribution in [2.24, 2.45) is 5.92 Å². The Morgan fingerprint density at radius 1 is 1.59 bits per heavy atom. The summed E-state index contributed by atoms with van der Waals surface area (Å²) in [5.41, 5.74) is 0.0599. The summed E-state index contributed by atoms with van der Waals surface area (Å²) in [6.07, 6.45) is 0. The first kappa shape index (κ1) is 13.5. The molecule has 0 radical (unpaired) electrons. The number of esters is 1. The van der Waals surface area contributed by atoms with Crippen LogP contribution in [-0.4, -0.2) is 13.1 Å². The number of rotatable bonds is 3. The van der Waals surface area contributed by atoms with E-state index in [4.69, 9.17) is 16.9 Å². The van der Waals surface area contributed by atoms with E-state index in [2.05, 4.69) is 4.74 Å². The van der Waals surface area contributed by atoms with Crippen LogP contribution in [0.25, 0.3) is 0 Å². The number of benzene rings is 1. The molecule has 0 aromatic heterocycles. The predicted octanol–water partition coefficient (Wildman–Crippen LogP) is 3.05. The Labute approximate surface area is 104 Å². The van der Waals surface area contributed by atoms with E-state index < -0.39 is 23.1 Å². The molecule has 0 aliphatic carbocycles. The largest absolute Gasteiger partial charge is 0.465 e. The first-order valence-corrected chi connectivity index (χ1v) is 5.37. The zero-order chi connectivity index (χ0) is 13.0. The second-order valence-electron chi connectivity index (χ2n) is 3.52. The van der Waals surface area contributed by atoms with E-state index >= 15 is 0 Å². The van der Waals surface area contributed by atoms with Crippen molar-refractivity contribution < 1.29 is 13.9 Å². The van der Waals surface area contributed by atoms with Crippen LogP contribution >= 0.6 is 11.6 Å². The average Bonchev–Trinajstić information content (AvgIpc) is 2.35. The van der Waals surface area contributed by atoms with Crippen molar-refractivity contribution in [3.05, 3.63) is 35.1 Å². The van der Waals surface area contributed by atoms with Gasteiger partial charge in [-0.05, 0) is 18.6 Å². The van der Waals surface area contributed by atoms with E-state index in [1.807, 2.05) is 6.07 Å². The van der Waals surface area contributed by atoms with Gasteiger partial charge in [0.05, 0.1) is 24.5 Å². The minimum Gasteiger partial charge on any atom is -0.465 e. The lowest BCUT2D eigenvalue weighted by atomic mass is 9.96. The van der Waals surface area contributed by atoms with Crippen LogP contribution in [0.2, 0.25) is 0 Å². The Kier molecular flexibility index (Phi) is 4.47. The maximum atomic E-state index is 13.6. The van der Waals surface area contributed by atoms with Gasteiger partial charge in [-0.15, -0.1) is 11.6 Å². The molecule has 3 nitrogen and oxygen atoms in total. The van der Waals surface area contributed by atoms with Crippen LogP contribution in [0.3, 0.4) is 0 Å². The van der Waals surface area contributed by atoms with Crippen molar-refractivity contribution >= 4 is 17.6 Å². The van der Waals surface area contributed by atoms with Crippen LogP contribution in [0.15, 0.2) is 18.2 Å². The van der Waals surface area contributed by atoms with Gasteiger partial charge in [0.15, 0.2) is 0 Å². The Bertz CT molecular complexity index is 470. The summed E-state index contributed by atoms with van der Waals surface area (Å²) >= 11 is 6.04. The molecule has 90 valence electrons. The van der Waals surface area contributed by atoms with Gasteiger partial charge in [0, 0.05) is 0 Å². The molecule has 0 bridgehead atoms. The molecule has 2 atom stereocenters. The van der Waals surface area contributed by atoms with Crippen molar-refractivity contribution in [2.75, 3.05) is 7.11 Å². The topological polar surface area (TPSA) is 50.1 Å². The number of carbonyl (C=O) groups excluding carboxylic acids is 1. The van der Waals surface area contributed by atoms with Crippen LogP contribution < -0.4 is 0 Å². The highest BCUT2D eigenvalue weighted by atomic mass is 35.5. The summed E-state index contributed by atoms with van der Waals surface area (Å²) < 4.78 is 18.1. The number of ether oxygens (including phenoxy) is 1. The first-order chi connectivity index (χ1) is 8.02. The van der Waals surface area contributed by atoms with Crippen molar-refractivity contribution in [1.82, 2.24) is 0 Å². The number of nitriles is 1. The zero-order valence-electron chi connectivity index (χ0n) is 9.41. The molecule has 17 heavy (non-hydrogen) atoms. The Hall–Kier alpha value is -1.60. The molecule has 0 aliphatic rings. The third-order valence-corrected chi connectivity index (χ3v) is 2.99. The minimum atomic E-state index is -0.797. The zero-order valence-corrected chi connectivity index (χ0v) is 10.2. The standard InChI is InChI=1S/C12H11ClFNO2/c1-7(6-15)11(13)8-4-3-5-9(14)10(8)12(16)17-2/h3-5,7,11H,1-2H3. The van der Waals surface area contributed by atoms with Gasteiger partial charge >= 0.3 is 5.97 Å². The van der Waals surface area contributed by atoms with Gasteiger partial charge in [-0.25, -0.2) is 9.18 Å². The average molecular weight is 256 g/mol. The summed E-state index contributed by atoms with van der Waals surface area (Å²) in [5, 5.41) is 8.02. The molecular formula is C12H11ClFNO2. The van der Waals surface area contributed by atoms with Crippen molar-refractivity contribution in [3.8, 4) is 6.07 Å². The monoisotopic (exact) mass is 255 g/mol. The van der Waals surface area contributed by atoms with Crippen LogP contribution in [-0.2, 0) is 4.74 Å². The number of carbonyl (C=O) groups is 1. The SMILES string of the molecule is COC(=O)c1c(F)cccc1C(Cl)C(C)C#N. The Morgan fingerprint density at radius 3 is 2.76 bits per heavy atom. The molecule has 0 saturated carbocycles.